The van der Waals surface area contributed by atoms with Gasteiger partial charge in [0.05, 0.1) is 12.2 Å². The Bertz CT molecular complexity index is 255. The predicted octanol–water partition coefficient (Wildman–Crippen LogP) is 2.51. The molecule has 0 spiro atoms. The first kappa shape index (κ1) is 10.0. The summed E-state index contributed by atoms with van der Waals surface area (Å²) >= 11 is 7.57. The molecule has 0 aliphatic rings. The van der Waals surface area contributed by atoms with Crippen molar-refractivity contribution < 1.29 is 0 Å². The number of nitrogens with zero attached hydrogens (tertiary/aromatic N) is 2. The van der Waals surface area contributed by atoms with Gasteiger partial charge in [0, 0.05) is 6.54 Å². The summed E-state index contributed by atoms with van der Waals surface area (Å²) in [7, 11) is 0. The van der Waals surface area contributed by atoms with Crippen LogP contribution in [0.1, 0.15) is 12.6 Å². The molecule has 0 amide bonds. The summed E-state index contributed by atoms with van der Waals surface area (Å²) in [6, 6.07) is 5.88. The van der Waals surface area contributed by atoms with Crippen molar-refractivity contribution in [3.8, 4) is 0 Å². The van der Waals surface area contributed by atoms with Crippen LogP contribution < -0.4 is 0 Å². The van der Waals surface area contributed by atoms with Crippen LogP contribution in [0.5, 0.6) is 0 Å². The number of thiol groups is 1. The predicted molar refractivity (Wildman–Crippen MR) is 57.0 cm³/mol. The minimum absolute atomic E-state index is 0.777. The molecule has 1 aromatic heterocycles. The fourth-order valence-corrected chi connectivity index (χ4v) is 1.36. The molecule has 0 atom stereocenters. The Kier molecular flexibility index (Phi) is 4.05. The van der Waals surface area contributed by atoms with E-state index in [-0.39, 0.29) is 0 Å². The Morgan fingerprint density at radius 2 is 2.33 bits per heavy atom. The molecule has 2 nitrogen and oxygen atoms in total. The van der Waals surface area contributed by atoms with Crippen molar-refractivity contribution >= 4 is 28.7 Å². The molecule has 0 aliphatic carbocycles. The maximum atomic E-state index is 4.29. The van der Waals surface area contributed by atoms with Crippen molar-refractivity contribution in [2.45, 2.75) is 13.5 Å². The van der Waals surface area contributed by atoms with E-state index in [4.69, 9.17) is 0 Å². The highest BCUT2D eigenvalue weighted by Crippen LogP contribution is 2.08. The summed E-state index contributed by atoms with van der Waals surface area (Å²) in [5, 5.41) is 0. The average molecular weight is 247 g/mol. The van der Waals surface area contributed by atoms with Crippen LogP contribution in [0.25, 0.3) is 0 Å². The third-order valence-electron chi connectivity index (χ3n) is 1.48. The standard InChI is InChI=1S/C8H11BrN2S/c1-2-11(12)6-7-4-3-5-8(9)10-7/h3-5,12H,2,6H2,1H3. The van der Waals surface area contributed by atoms with Crippen LogP contribution in [0.3, 0.4) is 0 Å². The fraction of sp³-hybridized carbons (Fsp3) is 0.375. The maximum Gasteiger partial charge on any atom is 0.106 e. The quantitative estimate of drug-likeness (QED) is 0.652. The molecule has 0 unspecified atom stereocenters. The molecule has 0 radical (unpaired) electrons. The van der Waals surface area contributed by atoms with E-state index in [1.54, 1.807) is 0 Å². The van der Waals surface area contributed by atoms with Gasteiger partial charge < -0.3 is 0 Å². The van der Waals surface area contributed by atoms with Crippen LogP contribution in [0.15, 0.2) is 22.8 Å². The number of pyridine rings is 1. The highest BCUT2D eigenvalue weighted by molar-refractivity contribution is 9.10. The van der Waals surface area contributed by atoms with Crippen LogP contribution >= 0.6 is 28.7 Å². The summed E-state index contributed by atoms with van der Waals surface area (Å²) in [6.45, 7) is 3.75. The molecule has 0 fully saturated rings. The molecular weight excluding hydrogens is 236 g/mol. The normalized spacial score (nSPS) is 10.7. The van der Waals surface area contributed by atoms with Gasteiger partial charge in [-0.3, -0.25) is 0 Å². The van der Waals surface area contributed by atoms with E-state index in [1.165, 1.54) is 0 Å². The lowest BCUT2D eigenvalue weighted by molar-refractivity contribution is 0.491. The maximum absolute atomic E-state index is 4.29. The van der Waals surface area contributed by atoms with E-state index in [0.29, 0.717) is 0 Å². The van der Waals surface area contributed by atoms with E-state index >= 15 is 0 Å². The van der Waals surface area contributed by atoms with Crippen molar-refractivity contribution in [2.24, 2.45) is 0 Å². The molecule has 1 heterocycles. The Morgan fingerprint density at radius 1 is 1.58 bits per heavy atom. The van der Waals surface area contributed by atoms with Gasteiger partial charge in [-0.2, -0.15) is 0 Å². The van der Waals surface area contributed by atoms with Gasteiger partial charge in [0.25, 0.3) is 0 Å². The second-order valence-electron chi connectivity index (χ2n) is 2.43. The van der Waals surface area contributed by atoms with E-state index in [0.717, 1.165) is 23.4 Å². The molecule has 0 aliphatic heterocycles. The van der Waals surface area contributed by atoms with Crippen molar-refractivity contribution in [1.82, 2.24) is 9.29 Å². The number of rotatable bonds is 3. The van der Waals surface area contributed by atoms with Crippen molar-refractivity contribution in [1.29, 1.82) is 0 Å². The van der Waals surface area contributed by atoms with Gasteiger partial charge in [-0.1, -0.05) is 25.8 Å². The zero-order valence-corrected chi connectivity index (χ0v) is 9.35. The third-order valence-corrected chi connectivity index (χ3v) is 2.35. The first-order valence-electron chi connectivity index (χ1n) is 3.77. The lowest BCUT2D eigenvalue weighted by Crippen LogP contribution is -2.11. The molecular formula is C8H11BrN2S. The molecule has 12 heavy (non-hydrogen) atoms. The van der Waals surface area contributed by atoms with E-state index in [2.05, 4.69) is 40.7 Å². The number of halogens is 1. The molecule has 0 N–H and O–H groups in total. The third kappa shape index (κ3) is 3.13. The van der Waals surface area contributed by atoms with Gasteiger partial charge in [0.1, 0.15) is 4.60 Å². The van der Waals surface area contributed by atoms with Crippen LogP contribution in [0.4, 0.5) is 0 Å². The zero-order chi connectivity index (χ0) is 8.97. The van der Waals surface area contributed by atoms with Crippen LogP contribution in [-0.2, 0) is 6.54 Å². The van der Waals surface area contributed by atoms with Crippen molar-refractivity contribution in [3.63, 3.8) is 0 Å². The Hall–Kier alpha value is -0.0600. The lowest BCUT2D eigenvalue weighted by atomic mass is 10.3. The van der Waals surface area contributed by atoms with Gasteiger partial charge >= 0.3 is 0 Å². The molecule has 0 saturated heterocycles. The minimum atomic E-state index is 0.777. The van der Waals surface area contributed by atoms with Gasteiger partial charge in [0.2, 0.25) is 0 Å². The number of hydrogen-bond acceptors (Lipinski definition) is 3. The Balaban J connectivity index is 2.63. The van der Waals surface area contributed by atoms with Gasteiger partial charge in [-0.15, -0.1) is 0 Å². The topological polar surface area (TPSA) is 16.1 Å². The first-order chi connectivity index (χ1) is 5.72. The van der Waals surface area contributed by atoms with E-state index < -0.39 is 0 Å². The highest BCUT2D eigenvalue weighted by Gasteiger charge is 1.99. The smallest absolute Gasteiger partial charge is 0.106 e. The number of aromatic nitrogens is 1. The summed E-state index contributed by atoms with van der Waals surface area (Å²) in [5.41, 5.74) is 1.03. The Labute approximate surface area is 86.7 Å². The molecule has 4 heteroatoms. The van der Waals surface area contributed by atoms with Crippen molar-refractivity contribution in [2.75, 3.05) is 6.54 Å². The van der Waals surface area contributed by atoms with E-state index in [9.17, 15) is 0 Å². The van der Waals surface area contributed by atoms with E-state index in [1.807, 2.05) is 22.5 Å². The Morgan fingerprint density at radius 3 is 2.92 bits per heavy atom. The fourth-order valence-electron chi connectivity index (χ4n) is 0.837. The summed E-state index contributed by atoms with van der Waals surface area (Å²) in [6.07, 6.45) is 0. The summed E-state index contributed by atoms with van der Waals surface area (Å²) in [5.74, 6) is 0. The molecule has 0 bridgehead atoms. The monoisotopic (exact) mass is 246 g/mol. The van der Waals surface area contributed by atoms with Gasteiger partial charge in [-0.25, -0.2) is 9.29 Å². The molecule has 66 valence electrons. The molecule has 1 rings (SSSR count). The lowest BCUT2D eigenvalue weighted by Gasteiger charge is -2.11. The zero-order valence-electron chi connectivity index (χ0n) is 6.87. The average Bonchev–Trinajstić information content (AvgIpc) is 2.04. The molecule has 1 aromatic rings. The molecule has 0 aromatic carbocycles. The van der Waals surface area contributed by atoms with Crippen LogP contribution in [-0.4, -0.2) is 15.8 Å². The second-order valence-corrected chi connectivity index (χ2v) is 3.81. The minimum Gasteiger partial charge on any atom is -0.248 e. The van der Waals surface area contributed by atoms with Gasteiger partial charge in [-0.05, 0) is 28.1 Å². The highest BCUT2D eigenvalue weighted by atomic mass is 79.9. The number of hydrogen-bond donors (Lipinski definition) is 1. The SMILES string of the molecule is CCN(S)Cc1cccc(Br)n1. The summed E-state index contributed by atoms with van der Waals surface area (Å²) < 4.78 is 2.78. The van der Waals surface area contributed by atoms with Crippen molar-refractivity contribution in [3.05, 3.63) is 28.5 Å². The first-order valence-corrected chi connectivity index (χ1v) is 4.97. The van der Waals surface area contributed by atoms with Crippen LogP contribution in [0, 0.1) is 0 Å². The summed E-state index contributed by atoms with van der Waals surface area (Å²) in [4.78, 5) is 4.29. The largest absolute Gasteiger partial charge is 0.248 e. The second kappa shape index (κ2) is 4.84. The van der Waals surface area contributed by atoms with Crippen LogP contribution in [0.2, 0.25) is 0 Å². The molecule has 0 saturated carbocycles. The van der Waals surface area contributed by atoms with Gasteiger partial charge in [0.15, 0.2) is 0 Å².